The van der Waals surface area contributed by atoms with E-state index >= 15 is 0 Å². The topological polar surface area (TPSA) is 68.4 Å². The predicted molar refractivity (Wildman–Crippen MR) is 146 cm³/mol. The summed E-state index contributed by atoms with van der Waals surface area (Å²) in [6.07, 6.45) is 1.99. The van der Waals surface area contributed by atoms with Crippen molar-refractivity contribution in [2.24, 2.45) is 0 Å². The van der Waals surface area contributed by atoms with Crippen LogP contribution in [0.1, 0.15) is 18.4 Å². The van der Waals surface area contributed by atoms with Crippen LogP contribution in [0.2, 0.25) is 0 Å². The van der Waals surface area contributed by atoms with Gasteiger partial charge in [-0.15, -0.1) is 0 Å². The largest absolute Gasteiger partial charge is 0.457 e. The van der Waals surface area contributed by atoms with Crippen LogP contribution in [0.4, 0.5) is 10.5 Å². The lowest BCUT2D eigenvalue weighted by atomic mass is 10.1. The zero-order valence-electron chi connectivity index (χ0n) is 21.6. The van der Waals surface area contributed by atoms with Crippen molar-refractivity contribution in [1.29, 1.82) is 0 Å². The molecule has 3 saturated heterocycles. The number of amides is 3. The van der Waals surface area contributed by atoms with Crippen LogP contribution >= 0.6 is 0 Å². The van der Waals surface area contributed by atoms with E-state index in [0.717, 1.165) is 49.5 Å². The molecule has 3 amide bonds. The molecule has 3 aromatic rings. The summed E-state index contributed by atoms with van der Waals surface area (Å²) in [6, 6.07) is 27.3. The highest BCUT2D eigenvalue weighted by Gasteiger charge is 2.55. The molecule has 0 radical (unpaired) electrons. The van der Waals surface area contributed by atoms with Crippen LogP contribution < -0.4 is 15.0 Å². The van der Waals surface area contributed by atoms with Crippen molar-refractivity contribution in [3.8, 4) is 11.5 Å². The molecule has 8 heteroatoms. The summed E-state index contributed by atoms with van der Waals surface area (Å²) in [6.45, 7) is 2.08. The van der Waals surface area contributed by atoms with E-state index in [2.05, 4.69) is 39.4 Å². The molecule has 0 saturated carbocycles. The molecule has 0 aromatic heterocycles. The molecule has 0 bridgehead atoms. The second kappa shape index (κ2) is 10.5. The van der Waals surface area contributed by atoms with Gasteiger partial charge in [-0.3, -0.25) is 19.9 Å². The van der Waals surface area contributed by atoms with Crippen molar-refractivity contribution in [1.82, 2.24) is 20.0 Å². The number of para-hydroxylation sites is 1. The van der Waals surface area contributed by atoms with Gasteiger partial charge < -0.3 is 14.5 Å². The van der Waals surface area contributed by atoms with Gasteiger partial charge in [0.15, 0.2) is 0 Å². The van der Waals surface area contributed by atoms with Crippen molar-refractivity contribution in [2.75, 3.05) is 31.6 Å². The van der Waals surface area contributed by atoms with E-state index in [-0.39, 0.29) is 24.4 Å². The minimum absolute atomic E-state index is 0.102. The number of carbonyl (C=O) groups is 2. The second-order valence-electron chi connectivity index (χ2n) is 10.1. The number of hydrogen-bond donors (Lipinski definition) is 1. The van der Waals surface area contributed by atoms with Crippen molar-refractivity contribution < 1.29 is 14.3 Å². The Morgan fingerprint density at radius 3 is 2.29 bits per heavy atom. The number of fused-ring (bicyclic) bond motifs is 3. The van der Waals surface area contributed by atoms with E-state index < -0.39 is 6.04 Å². The van der Waals surface area contributed by atoms with Crippen molar-refractivity contribution in [3.63, 3.8) is 0 Å². The Morgan fingerprint density at radius 2 is 1.55 bits per heavy atom. The number of ether oxygens (including phenoxy) is 1. The number of imide groups is 1. The van der Waals surface area contributed by atoms with Crippen LogP contribution in [0.25, 0.3) is 0 Å². The van der Waals surface area contributed by atoms with E-state index in [4.69, 9.17) is 4.74 Å². The van der Waals surface area contributed by atoms with Gasteiger partial charge in [0.2, 0.25) is 0 Å². The number of anilines is 1. The summed E-state index contributed by atoms with van der Waals surface area (Å²) < 4.78 is 5.96. The highest BCUT2D eigenvalue weighted by Crippen LogP contribution is 2.34. The normalized spacial score (nSPS) is 23.4. The Kier molecular flexibility index (Phi) is 6.74. The number of nitrogens with zero attached hydrogens (tertiary/aromatic N) is 4. The van der Waals surface area contributed by atoms with E-state index in [1.807, 2.05) is 60.7 Å². The van der Waals surface area contributed by atoms with Crippen LogP contribution in [0.15, 0.2) is 84.9 Å². The molecule has 3 atom stereocenters. The molecule has 3 aliphatic rings. The lowest BCUT2D eigenvalue weighted by Crippen LogP contribution is -2.66. The lowest BCUT2D eigenvalue weighted by Gasteiger charge is -2.44. The van der Waals surface area contributed by atoms with E-state index in [1.54, 1.807) is 11.9 Å². The maximum absolute atomic E-state index is 13.7. The van der Waals surface area contributed by atoms with E-state index in [9.17, 15) is 9.59 Å². The first-order valence-electron chi connectivity index (χ1n) is 13.3. The van der Waals surface area contributed by atoms with Crippen LogP contribution in [0.3, 0.4) is 0 Å². The summed E-state index contributed by atoms with van der Waals surface area (Å²) >= 11 is 0. The number of hydrogen-bond acceptors (Lipinski definition) is 6. The molecule has 1 N–H and O–H groups in total. The molecule has 3 heterocycles. The third-order valence-electron chi connectivity index (χ3n) is 7.71. The van der Waals surface area contributed by atoms with E-state index in [0.29, 0.717) is 6.54 Å². The minimum Gasteiger partial charge on any atom is -0.457 e. The van der Waals surface area contributed by atoms with Crippen molar-refractivity contribution >= 4 is 17.6 Å². The molecule has 3 unspecified atom stereocenters. The number of likely N-dealkylation sites (N-methyl/N-ethyl adjacent to an activating group) is 1. The Balaban J connectivity index is 1.16. The fraction of sp³-hybridized carbons (Fsp3) is 0.333. The average Bonchev–Trinajstić information content (AvgIpc) is 3.36. The molecular formula is C30H33N5O3. The molecule has 0 aliphatic carbocycles. The number of nitrogens with one attached hydrogen (secondary N) is 1. The molecule has 196 valence electrons. The third-order valence-corrected chi connectivity index (χ3v) is 7.71. The SMILES string of the molecule is CN1C(=O)N(CCCc2ccccc2)C(=O)C2C1NC1N(c3ccc(Oc4ccccc4)cc3)CCCN21. The first-order valence-corrected chi connectivity index (χ1v) is 13.3. The smallest absolute Gasteiger partial charge is 0.327 e. The third kappa shape index (κ3) is 4.61. The fourth-order valence-corrected chi connectivity index (χ4v) is 5.81. The second-order valence-corrected chi connectivity index (χ2v) is 10.1. The maximum Gasteiger partial charge on any atom is 0.327 e. The molecule has 8 nitrogen and oxygen atoms in total. The number of aryl methyl sites for hydroxylation is 1. The summed E-state index contributed by atoms with van der Waals surface area (Å²) in [4.78, 5) is 34.5. The van der Waals surface area contributed by atoms with Crippen LogP contribution in [-0.4, -0.2) is 71.8 Å². The van der Waals surface area contributed by atoms with Crippen LogP contribution in [-0.2, 0) is 11.2 Å². The summed E-state index contributed by atoms with van der Waals surface area (Å²) in [5.41, 5.74) is 2.26. The van der Waals surface area contributed by atoms with Gasteiger partial charge in [-0.05, 0) is 61.2 Å². The number of benzene rings is 3. The zero-order valence-corrected chi connectivity index (χ0v) is 21.6. The van der Waals surface area contributed by atoms with Gasteiger partial charge in [0.1, 0.15) is 30.0 Å². The highest BCUT2D eigenvalue weighted by molar-refractivity contribution is 6.00. The zero-order chi connectivity index (χ0) is 26.1. The molecule has 6 rings (SSSR count). The van der Waals surface area contributed by atoms with Crippen LogP contribution in [0.5, 0.6) is 11.5 Å². The molecule has 3 aliphatic heterocycles. The molecule has 0 spiro atoms. The monoisotopic (exact) mass is 511 g/mol. The predicted octanol–water partition coefficient (Wildman–Crippen LogP) is 4.10. The fourth-order valence-electron chi connectivity index (χ4n) is 5.81. The minimum atomic E-state index is -0.400. The maximum atomic E-state index is 13.7. The van der Waals surface area contributed by atoms with Crippen molar-refractivity contribution in [2.45, 2.75) is 37.8 Å². The van der Waals surface area contributed by atoms with Gasteiger partial charge in [0.25, 0.3) is 5.91 Å². The van der Waals surface area contributed by atoms with Crippen molar-refractivity contribution in [3.05, 3.63) is 90.5 Å². The number of rotatable bonds is 7. The standard InChI is InChI=1S/C30H33N5O3/c1-32-27-26(28(36)35(30(32)37)19-8-12-22-10-4-2-5-11-22)34-21-9-20-33(29(34)31-27)23-15-17-25(18-16-23)38-24-13-6-3-7-14-24/h2-7,10-11,13-18,26-27,29,31H,8-9,12,19-21H2,1H3. The van der Waals surface area contributed by atoms with Gasteiger partial charge in [0.05, 0.1) is 0 Å². The molecule has 3 fully saturated rings. The Labute approximate surface area is 223 Å². The number of urea groups is 1. The summed E-state index contributed by atoms with van der Waals surface area (Å²) in [7, 11) is 1.79. The van der Waals surface area contributed by atoms with Gasteiger partial charge in [-0.2, -0.15) is 0 Å². The molecular weight excluding hydrogens is 478 g/mol. The van der Waals surface area contributed by atoms with Gasteiger partial charge in [-0.1, -0.05) is 48.5 Å². The lowest BCUT2D eigenvalue weighted by molar-refractivity contribution is -0.138. The quantitative estimate of drug-likeness (QED) is 0.515. The van der Waals surface area contributed by atoms with Gasteiger partial charge >= 0.3 is 6.03 Å². The van der Waals surface area contributed by atoms with Gasteiger partial charge in [-0.25, -0.2) is 4.79 Å². The summed E-state index contributed by atoms with van der Waals surface area (Å²) in [5.74, 6) is 1.47. The Morgan fingerprint density at radius 1 is 0.868 bits per heavy atom. The Hall–Kier alpha value is -3.88. The molecule has 3 aromatic carbocycles. The van der Waals surface area contributed by atoms with E-state index in [1.165, 1.54) is 10.5 Å². The number of carbonyl (C=O) groups excluding carboxylic acids is 2. The van der Waals surface area contributed by atoms with Crippen LogP contribution in [0, 0.1) is 0 Å². The Bertz CT molecular complexity index is 1270. The first-order chi connectivity index (χ1) is 18.6. The molecule has 38 heavy (non-hydrogen) atoms. The van der Waals surface area contributed by atoms with Gasteiger partial charge in [0, 0.05) is 32.4 Å². The average molecular weight is 512 g/mol. The summed E-state index contributed by atoms with van der Waals surface area (Å²) in [5, 5.41) is 3.59. The first kappa shape index (κ1) is 24.5. The highest BCUT2D eigenvalue weighted by atomic mass is 16.5.